The van der Waals surface area contributed by atoms with Gasteiger partial charge in [0.05, 0.1) is 33.5 Å². The minimum atomic E-state index is -0.473. The molecule has 182 valence electrons. The van der Waals surface area contributed by atoms with Gasteiger partial charge < -0.3 is 24.3 Å². The van der Waals surface area contributed by atoms with Crippen molar-refractivity contribution in [1.29, 1.82) is 0 Å². The van der Waals surface area contributed by atoms with Crippen LogP contribution in [0, 0.1) is 5.82 Å². The predicted molar refractivity (Wildman–Crippen MR) is 137 cm³/mol. The number of benzene rings is 3. The molecule has 0 aliphatic heterocycles. The van der Waals surface area contributed by atoms with Gasteiger partial charge in [-0.05, 0) is 41.5 Å². The Kier molecular flexibility index (Phi) is 8.75. The summed E-state index contributed by atoms with van der Waals surface area (Å²) in [5.74, 6) is 1.19. The molecule has 0 amide bonds. The van der Waals surface area contributed by atoms with Gasteiger partial charge in [0.1, 0.15) is 11.6 Å². The molecule has 3 aromatic rings. The highest BCUT2D eigenvalue weighted by atomic mass is 35.5. The highest BCUT2D eigenvalue weighted by molar-refractivity contribution is 6.32. The molecule has 35 heavy (non-hydrogen) atoms. The van der Waals surface area contributed by atoms with Gasteiger partial charge in [-0.15, -0.1) is 0 Å². The van der Waals surface area contributed by atoms with Crippen LogP contribution in [0.25, 0.3) is 12.2 Å². The SMILES string of the molecule is COc1cc(N/C=C\C(=O)c2cccc(F)c2)c(/C=C\c2cc(OC)c(OC)c(OC)c2)cc1Cl. The summed E-state index contributed by atoms with van der Waals surface area (Å²) in [6.07, 6.45) is 6.50. The predicted octanol–water partition coefficient (Wildman–Crippen LogP) is 6.49. The molecule has 0 saturated heterocycles. The first-order chi connectivity index (χ1) is 16.9. The molecular formula is C27H25ClFNO5. The summed E-state index contributed by atoms with van der Waals surface area (Å²) >= 11 is 6.35. The molecule has 0 heterocycles. The largest absolute Gasteiger partial charge is 0.495 e. The lowest BCUT2D eigenvalue weighted by Gasteiger charge is -2.13. The van der Waals surface area contributed by atoms with Gasteiger partial charge in [-0.25, -0.2) is 4.39 Å². The normalized spacial score (nSPS) is 11.0. The maximum absolute atomic E-state index is 13.4. The molecule has 0 bridgehead atoms. The average molecular weight is 498 g/mol. The van der Waals surface area contributed by atoms with Gasteiger partial charge in [-0.1, -0.05) is 35.9 Å². The van der Waals surface area contributed by atoms with Crippen LogP contribution in [0.5, 0.6) is 23.0 Å². The molecule has 0 spiro atoms. The van der Waals surface area contributed by atoms with E-state index in [0.717, 1.165) is 11.1 Å². The van der Waals surface area contributed by atoms with E-state index in [4.69, 9.17) is 30.5 Å². The van der Waals surface area contributed by atoms with Crippen LogP contribution < -0.4 is 24.3 Å². The number of ketones is 1. The molecule has 0 fully saturated rings. The fraction of sp³-hybridized carbons (Fsp3) is 0.148. The van der Waals surface area contributed by atoms with Crippen LogP contribution in [0.3, 0.4) is 0 Å². The summed E-state index contributed by atoms with van der Waals surface area (Å²) in [5.41, 5.74) is 2.42. The first-order valence-corrected chi connectivity index (χ1v) is 10.9. The Hall–Kier alpha value is -3.97. The van der Waals surface area contributed by atoms with E-state index in [2.05, 4.69) is 5.32 Å². The van der Waals surface area contributed by atoms with Crippen molar-refractivity contribution in [3.05, 3.63) is 88.3 Å². The number of carbonyl (C=O) groups is 1. The summed E-state index contributed by atoms with van der Waals surface area (Å²) < 4.78 is 34.9. The van der Waals surface area contributed by atoms with Gasteiger partial charge in [0.2, 0.25) is 5.75 Å². The Morgan fingerprint density at radius 2 is 1.57 bits per heavy atom. The number of halogens is 2. The number of anilines is 1. The zero-order valence-corrected chi connectivity index (χ0v) is 20.5. The molecule has 3 aromatic carbocycles. The van der Waals surface area contributed by atoms with E-state index in [1.807, 2.05) is 24.3 Å². The summed E-state index contributed by atoms with van der Waals surface area (Å²) in [6.45, 7) is 0. The molecule has 0 aliphatic rings. The van der Waals surface area contributed by atoms with E-state index in [1.165, 1.54) is 37.6 Å². The van der Waals surface area contributed by atoms with Crippen molar-refractivity contribution < 1.29 is 28.1 Å². The second-order valence-corrected chi connectivity index (χ2v) is 7.63. The van der Waals surface area contributed by atoms with E-state index in [9.17, 15) is 9.18 Å². The van der Waals surface area contributed by atoms with Crippen LogP contribution in [-0.4, -0.2) is 34.2 Å². The Morgan fingerprint density at radius 3 is 2.17 bits per heavy atom. The number of allylic oxidation sites excluding steroid dienone is 1. The quantitative estimate of drug-likeness (QED) is 0.196. The van der Waals surface area contributed by atoms with Crippen molar-refractivity contribution in [3.8, 4) is 23.0 Å². The molecule has 8 heteroatoms. The Bertz CT molecular complexity index is 1250. The van der Waals surface area contributed by atoms with Crippen molar-refractivity contribution >= 4 is 35.2 Å². The molecule has 0 saturated carbocycles. The van der Waals surface area contributed by atoms with Crippen molar-refractivity contribution in [2.45, 2.75) is 0 Å². The highest BCUT2D eigenvalue weighted by Gasteiger charge is 2.13. The Balaban J connectivity index is 1.91. The number of methoxy groups -OCH3 is 4. The molecular weight excluding hydrogens is 473 g/mol. The van der Waals surface area contributed by atoms with E-state index >= 15 is 0 Å². The fourth-order valence-electron chi connectivity index (χ4n) is 3.32. The van der Waals surface area contributed by atoms with Crippen LogP contribution in [0.4, 0.5) is 10.1 Å². The number of carbonyl (C=O) groups excluding carboxylic acids is 1. The zero-order valence-electron chi connectivity index (χ0n) is 19.7. The van der Waals surface area contributed by atoms with Crippen molar-refractivity contribution in [1.82, 2.24) is 0 Å². The van der Waals surface area contributed by atoms with E-state index in [1.54, 1.807) is 39.5 Å². The van der Waals surface area contributed by atoms with Gasteiger partial charge >= 0.3 is 0 Å². The number of rotatable bonds is 10. The molecule has 0 atom stereocenters. The van der Waals surface area contributed by atoms with E-state index in [-0.39, 0.29) is 11.3 Å². The minimum Gasteiger partial charge on any atom is -0.495 e. The first kappa shape index (κ1) is 25.6. The minimum absolute atomic E-state index is 0.249. The van der Waals surface area contributed by atoms with E-state index in [0.29, 0.717) is 33.7 Å². The number of hydrogen-bond donors (Lipinski definition) is 1. The standard InChI is InChI=1S/C27H25ClFNO5/c1-32-24-16-22(30-11-10-23(31)19-6-5-7-20(29)14-19)18(15-21(24)28)9-8-17-12-25(33-2)27(35-4)26(13-17)34-3/h5-16,30H,1-4H3/b9-8-,11-10-. The van der Waals surface area contributed by atoms with Gasteiger partial charge in [0.15, 0.2) is 17.3 Å². The summed E-state index contributed by atoms with van der Waals surface area (Å²) in [7, 11) is 6.15. The van der Waals surface area contributed by atoms with Crippen molar-refractivity contribution in [2.24, 2.45) is 0 Å². The monoisotopic (exact) mass is 497 g/mol. The lowest BCUT2D eigenvalue weighted by molar-refractivity contribution is 0.104. The molecule has 1 N–H and O–H groups in total. The van der Waals surface area contributed by atoms with Crippen molar-refractivity contribution in [3.63, 3.8) is 0 Å². The van der Waals surface area contributed by atoms with Crippen LogP contribution in [-0.2, 0) is 0 Å². The number of ether oxygens (including phenoxy) is 4. The first-order valence-electron chi connectivity index (χ1n) is 10.5. The third-order valence-corrected chi connectivity index (χ3v) is 5.34. The van der Waals surface area contributed by atoms with Crippen LogP contribution >= 0.6 is 11.6 Å². The summed E-state index contributed by atoms with van der Waals surface area (Å²) in [4.78, 5) is 12.3. The molecule has 0 unspecified atom stereocenters. The molecule has 0 radical (unpaired) electrons. The Morgan fingerprint density at radius 1 is 0.886 bits per heavy atom. The zero-order chi connectivity index (χ0) is 25.4. The number of hydrogen-bond acceptors (Lipinski definition) is 6. The maximum atomic E-state index is 13.4. The smallest absolute Gasteiger partial charge is 0.203 e. The lowest BCUT2D eigenvalue weighted by atomic mass is 10.1. The topological polar surface area (TPSA) is 66.0 Å². The molecule has 3 rings (SSSR count). The average Bonchev–Trinajstić information content (AvgIpc) is 2.87. The highest BCUT2D eigenvalue weighted by Crippen LogP contribution is 2.39. The van der Waals surface area contributed by atoms with Crippen LogP contribution in [0.1, 0.15) is 21.5 Å². The third-order valence-electron chi connectivity index (χ3n) is 5.05. The summed E-state index contributed by atoms with van der Waals surface area (Å²) in [6, 6.07) is 12.6. The second-order valence-electron chi connectivity index (χ2n) is 7.22. The Labute approximate surface area is 208 Å². The van der Waals surface area contributed by atoms with Crippen molar-refractivity contribution in [2.75, 3.05) is 33.8 Å². The van der Waals surface area contributed by atoms with Gasteiger partial charge in [-0.3, -0.25) is 4.79 Å². The van der Waals surface area contributed by atoms with Gasteiger partial charge in [-0.2, -0.15) is 0 Å². The summed E-state index contributed by atoms with van der Waals surface area (Å²) in [5, 5.41) is 3.49. The van der Waals surface area contributed by atoms with E-state index < -0.39 is 5.82 Å². The van der Waals surface area contributed by atoms with Gasteiger partial charge in [0.25, 0.3) is 0 Å². The fourth-order valence-corrected chi connectivity index (χ4v) is 3.57. The van der Waals surface area contributed by atoms with Gasteiger partial charge in [0, 0.05) is 29.6 Å². The third kappa shape index (κ3) is 6.33. The molecule has 6 nitrogen and oxygen atoms in total. The maximum Gasteiger partial charge on any atom is 0.203 e. The lowest BCUT2D eigenvalue weighted by Crippen LogP contribution is -1.98. The number of nitrogens with one attached hydrogen (secondary N) is 1. The van der Waals surface area contributed by atoms with Crippen LogP contribution in [0.15, 0.2) is 60.8 Å². The second kappa shape index (κ2) is 11.9. The molecule has 0 aromatic heterocycles. The van der Waals surface area contributed by atoms with Crippen LogP contribution in [0.2, 0.25) is 5.02 Å². The molecule has 0 aliphatic carbocycles.